The number of hydrogen-bond acceptors (Lipinski definition) is 7. The van der Waals surface area contributed by atoms with Crippen LogP contribution in [0.4, 0.5) is 0 Å². The number of sulfonamides is 1. The zero-order valence-electron chi connectivity index (χ0n) is 22.7. The van der Waals surface area contributed by atoms with Gasteiger partial charge in [0.25, 0.3) is 0 Å². The molecule has 38 heavy (non-hydrogen) atoms. The van der Waals surface area contributed by atoms with Crippen molar-refractivity contribution in [3.8, 4) is 5.75 Å². The van der Waals surface area contributed by atoms with Crippen molar-refractivity contribution < 1.29 is 27.5 Å². The molecular formula is C28H41N3O6S. The van der Waals surface area contributed by atoms with Gasteiger partial charge in [0.05, 0.1) is 11.8 Å². The van der Waals surface area contributed by atoms with Gasteiger partial charge in [0.2, 0.25) is 15.9 Å². The van der Waals surface area contributed by atoms with Gasteiger partial charge < -0.3 is 19.3 Å². The molecule has 0 aromatic heterocycles. The molecule has 1 spiro atoms. The lowest BCUT2D eigenvalue weighted by Crippen LogP contribution is -2.43. The number of hydrogen-bond donors (Lipinski definition) is 0. The summed E-state index contributed by atoms with van der Waals surface area (Å²) in [6.45, 7) is 4.83. The smallest absolute Gasteiger partial charge is 0.339 e. The van der Waals surface area contributed by atoms with E-state index in [0.29, 0.717) is 62.9 Å². The highest BCUT2D eigenvalue weighted by atomic mass is 32.2. The summed E-state index contributed by atoms with van der Waals surface area (Å²) in [4.78, 5) is 30.3. The van der Waals surface area contributed by atoms with Gasteiger partial charge in [-0.1, -0.05) is 12.5 Å². The highest BCUT2D eigenvalue weighted by molar-refractivity contribution is 7.88. The number of rotatable bonds is 7. The van der Waals surface area contributed by atoms with E-state index in [4.69, 9.17) is 9.47 Å². The minimum Gasteiger partial charge on any atom is -0.490 e. The van der Waals surface area contributed by atoms with Crippen molar-refractivity contribution in [1.29, 1.82) is 0 Å². The number of carbonyl (C=O) groups is 2. The lowest BCUT2D eigenvalue weighted by Gasteiger charge is -2.37. The number of carbonyl (C=O) groups excluding carboxylic acids is 2. The molecule has 3 aliphatic heterocycles. The van der Waals surface area contributed by atoms with E-state index in [1.165, 1.54) is 29.8 Å². The third-order valence-electron chi connectivity index (χ3n) is 8.88. The molecule has 5 rings (SSSR count). The van der Waals surface area contributed by atoms with Crippen LogP contribution >= 0.6 is 0 Å². The molecule has 1 aromatic rings. The predicted octanol–water partition coefficient (Wildman–Crippen LogP) is 2.99. The normalized spacial score (nSPS) is 27.2. The number of nitrogens with zero attached hydrogens (tertiary/aromatic N) is 3. The van der Waals surface area contributed by atoms with Crippen molar-refractivity contribution in [2.45, 2.75) is 69.5 Å². The van der Waals surface area contributed by atoms with Crippen LogP contribution in [-0.2, 0) is 25.2 Å². The van der Waals surface area contributed by atoms with E-state index in [9.17, 15) is 18.0 Å². The van der Waals surface area contributed by atoms with Crippen LogP contribution in [0, 0.1) is 5.92 Å². The summed E-state index contributed by atoms with van der Waals surface area (Å²) >= 11 is 0. The molecule has 210 valence electrons. The van der Waals surface area contributed by atoms with Crippen LogP contribution in [0.3, 0.4) is 0 Å². The van der Waals surface area contributed by atoms with E-state index < -0.39 is 15.6 Å². The first kappa shape index (κ1) is 27.4. The fourth-order valence-corrected chi connectivity index (χ4v) is 7.40. The Morgan fingerprint density at radius 2 is 1.76 bits per heavy atom. The van der Waals surface area contributed by atoms with Crippen LogP contribution < -0.4 is 4.74 Å². The number of ether oxygens (including phenoxy) is 2. The van der Waals surface area contributed by atoms with E-state index in [1.807, 2.05) is 24.1 Å². The van der Waals surface area contributed by atoms with Crippen molar-refractivity contribution in [2.75, 3.05) is 52.6 Å². The van der Waals surface area contributed by atoms with Gasteiger partial charge in [-0.3, -0.25) is 4.79 Å². The molecule has 1 aromatic carbocycles. The Bertz CT molecular complexity index is 1130. The average Bonchev–Trinajstić information content (AvgIpc) is 3.18. The minimum absolute atomic E-state index is 0.0323. The summed E-state index contributed by atoms with van der Waals surface area (Å²) in [6.07, 6.45) is 8.87. The quantitative estimate of drug-likeness (QED) is 0.484. The molecule has 3 heterocycles. The van der Waals surface area contributed by atoms with E-state index in [-0.39, 0.29) is 23.9 Å². The number of piperidine rings is 2. The molecule has 0 N–H and O–H groups in total. The van der Waals surface area contributed by atoms with Crippen molar-refractivity contribution in [3.63, 3.8) is 0 Å². The second-order valence-electron chi connectivity index (χ2n) is 11.5. The number of likely N-dealkylation sites (N-methyl/N-ethyl adjacent to an activating group) is 1. The third kappa shape index (κ3) is 5.87. The summed E-state index contributed by atoms with van der Waals surface area (Å²) in [5, 5.41) is 0. The molecule has 9 nitrogen and oxygen atoms in total. The molecule has 0 bridgehead atoms. The molecule has 0 unspecified atom stereocenters. The molecule has 2 saturated heterocycles. The summed E-state index contributed by atoms with van der Waals surface area (Å²) in [5.41, 5.74) is 0.778. The molecule has 1 saturated carbocycles. The topological polar surface area (TPSA) is 96.5 Å². The van der Waals surface area contributed by atoms with Gasteiger partial charge in [0.1, 0.15) is 17.5 Å². The van der Waals surface area contributed by atoms with Gasteiger partial charge >= 0.3 is 5.97 Å². The van der Waals surface area contributed by atoms with Gasteiger partial charge in [0, 0.05) is 44.7 Å². The van der Waals surface area contributed by atoms with Crippen LogP contribution in [0.1, 0.15) is 73.7 Å². The third-order valence-corrected chi connectivity index (χ3v) is 10.2. The number of likely N-dealkylation sites (tertiary alicyclic amines) is 1. The monoisotopic (exact) mass is 547 g/mol. The summed E-state index contributed by atoms with van der Waals surface area (Å²) in [7, 11) is -1.27. The van der Waals surface area contributed by atoms with Gasteiger partial charge in [-0.2, -0.15) is 0 Å². The Kier molecular flexibility index (Phi) is 8.03. The van der Waals surface area contributed by atoms with Gasteiger partial charge in [-0.25, -0.2) is 17.5 Å². The summed E-state index contributed by atoms with van der Waals surface area (Å²) < 4.78 is 37.1. The Balaban J connectivity index is 1.16. The Morgan fingerprint density at radius 3 is 2.42 bits per heavy atom. The van der Waals surface area contributed by atoms with E-state index in [0.717, 1.165) is 31.7 Å². The Morgan fingerprint density at radius 1 is 1.08 bits per heavy atom. The second-order valence-corrected chi connectivity index (χ2v) is 13.5. The first-order chi connectivity index (χ1) is 18.1. The fourth-order valence-electron chi connectivity index (χ4n) is 6.52. The van der Waals surface area contributed by atoms with E-state index in [1.54, 1.807) is 6.07 Å². The van der Waals surface area contributed by atoms with Crippen LogP contribution in [0.25, 0.3) is 0 Å². The van der Waals surface area contributed by atoms with Crippen LogP contribution in [0.5, 0.6) is 5.75 Å². The molecule has 1 aliphatic carbocycles. The standard InChI is InChI=1S/C28H41N3O6S/c1-29(18-19-30-14-4-3-5-15-30)26(32)21-8-12-28(13-9-21)25-7-6-23(20-24(25)27(33)37-28)36-22-10-16-31(17-11-22)38(2,34)35/h6-7,20-22H,3-5,8-19H2,1-2H3/t21-,28-. The molecule has 3 fully saturated rings. The number of esters is 1. The fraction of sp³-hybridized carbons (Fsp3) is 0.714. The zero-order chi connectivity index (χ0) is 26.9. The van der Waals surface area contributed by atoms with Crippen LogP contribution in [-0.4, -0.2) is 93.1 Å². The number of amides is 1. The molecule has 4 aliphatic rings. The first-order valence-electron chi connectivity index (χ1n) is 14.1. The Hall–Kier alpha value is -2.17. The summed E-state index contributed by atoms with van der Waals surface area (Å²) in [5.74, 6) is 0.442. The predicted molar refractivity (Wildman–Crippen MR) is 143 cm³/mol. The molecule has 1 amide bonds. The maximum absolute atomic E-state index is 13.1. The highest BCUT2D eigenvalue weighted by Crippen LogP contribution is 2.49. The van der Waals surface area contributed by atoms with E-state index in [2.05, 4.69) is 4.90 Å². The highest BCUT2D eigenvalue weighted by Gasteiger charge is 2.49. The van der Waals surface area contributed by atoms with Gasteiger partial charge in [0.15, 0.2) is 0 Å². The molecule has 10 heteroatoms. The van der Waals surface area contributed by atoms with Gasteiger partial charge in [-0.05, 0) is 76.6 Å². The molecular weight excluding hydrogens is 506 g/mol. The maximum Gasteiger partial charge on any atom is 0.339 e. The Labute approximate surface area is 226 Å². The molecule has 0 atom stereocenters. The van der Waals surface area contributed by atoms with Crippen molar-refractivity contribution >= 4 is 21.9 Å². The number of benzene rings is 1. The lowest BCUT2D eigenvalue weighted by molar-refractivity contribution is -0.137. The summed E-state index contributed by atoms with van der Waals surface area (Å²) in [6, 6.07) is 5.59. The van der Waals surface area contributed by atoms with Gasteiger partial charge in [-0.15, -0.1) is 0 Å². The van der Waals surface area contributed by atoms with Crippen LogP contribution in [0.2, 0.25) is 0 Å². The zero-order valence-corrected chi connectivity index (χ0v) is 23.5. The first-order valence-corrected chi connectivity index (χ1v) is 16.0. The SMILES string of the molecule is CN(CCN1CCCCC1)C(=O)[C@H]1CC[C@@]2(CC1)OC(=O)c1cc(OC3CCN(S(C)(=O)=O)CC3)ccc12. The van der Waals surface area contributed by atoms with Crippen molar-refractivity contribution in [1.82, 2.24) is 14.1 Å². The average molecular weight is 548 g/mol. The van der Waals surface area contributed by atoms with Crippen molar-refractivity contribution in [3.05, 3.63) is 29.3 Å². The van der Waals surface area contributed by atoms with Crippen molar-refractivity contribution in [2.24, 2.45) is 5.92 Å². The largest absolute Gasteiger partial charge is 0.490 e. The minimum atomic E-state index is -3.18. The second kappa shape index (κ2) is 11.1. The van der Waals surface area contributed by atoms with E-state index >= 15 is 0 Å². The molecule has 0 radical (unpaired) electrons. The lowest BCUT2D eigenvalue weighted by atomic mass is 9.74. The maximum atomic E-state index is 13.1. The number of fused-ring (bicyclic) bond motifs is 2. The van der Waals surface area contributed by atoms with Crippen LogP contribution in [0.15, 0.2) is 18.2 Å².